The first-order chi connectivity index (χ1) is 6.48. The maximum atomic E-state index is 5.46. The summed E-state index contributed by atoms with van der Waals surface area (Å²) in [5.74, 6) is 0. The molecular weight excluding hydrogens is 216 g/mol. The Morgan fingerprint density at radius 2 is 1.86 bits per heavy atom. The van der Waals surface area contributed by atoms with Crippen LogP contribution in [0.1, 0.15) is 27.2 Å². The van der Waals surface area contributed by atoms with Gasteiger partial charge < -0.3 is 9.47 Å². The maximum absolute atomic E-state index is 5.46. The van der Waals surface area contributed by atoms with Gasteiger partial charge in [-0.2, -0.15) is 25.3 Å². The van der Waals surface area contributed by atoms with Gasteiger partial charge in [0.1, 0.15) is 0 Å². The largest absolute Gasteiger partial charge is 0.380 e. The SMILES string of the molecule is CCCOCC(C)(S)COCC(C)S. The molecule has 2 nitrogen and oxygen atoms in total. The first-order valence-electron chi connectivity index (χ1n) is 5.04. The zero-order valence-electron chi connectivity index (χ0n) is 9.32. The smallest absolute Gasteiger partial charge is 0.0630 e. The van der Waals surface area contributed by atoms with E-state index < -0.39 is 0 Å². The van der Waals surface area contributed by atoms with Gasteiger partial charge in [0.2, 0.25) is 0 Å². The van der Waals surface area contributed by atoms with Crippen molar-refractivity contribution >= 4 is 25.3 Å². The first-order valence-corrected chi connectivity index (χ1v) is 6.00. The molecule has 0 aromatic carbocycles. The Hall–Kier alpha value is 0.620. The van der Waals surface area contributed by atoms with Crippen molar-refractivity contribution < 1.29 is 9.47 Å². The second-order valence-corrected chi connectivity index (χ2v) is 5.87. The molecule has 0 aliphatic heterocycles. The Labute approximate surface area is 98.6 Å². The van der Waals surface area contributed by atoms with E-state index in [1.54, 1.807) is 0 Å². The summed E-state index contributed by atoms with van der Waals surface area (Å²) in [6, 6.07) is 0. The molecule has 0 aromatic rings. The number of hydrogen-bond acceptors (Lipinski definition) is 4. The number of thiol groups is 2. The van der Waals surface area contributed by atoms with Gasteiger partial charge in [-0.1, -0.05) is 13.8 Å². The van der Waals surface area contributed by atoms with Crippen LogP contribution in [0, 0.1) is 0 Å². The molecule has 0 saturated carbocycles. The minimum atomic E-state index is -0.197. The van der Waals surface area contributed by atoms with Gasteiger partial charge in [-0.05, 0) is 13.3 Å². The van der Waals surface area contributed by atoms with E-state index in [9.17, 15) is 0 Å². The highest BCUT2D eigenvalue weighted by Gasteiger charge is 2.19. The second kappa shape index (κ2) is 7.85. The van der Waals surface area contributed by atoms with Gasteiger partial charge in [-0.25, -0.2) is 0 Å². The van der Waals surface area contributed by atoms with Crippen molar-refractivity contribution in [3.63, 3.8) is 0 Å². The zero-order chi connectivity index (χ0) is 11.0. The van der Waals surface area contributed by atoms with E-state index >= 15 is 0 Å². The van der Waals surface area contributed by atoms with Crippen LogP contribution < -0.4 is 0 Å². The Balaban J connectivity index is 3.50. The van der Waals surface area contributed by atoms with Gasteiger partial charge in [-0.3, -0.25) is 0 Å². The average molecular weight is 238 g/mol. The lowest BCUT2D eigenvalue weighted by atomic mass is 10.2. The molecule has 0 amide bonds. The van der Waals surface area contributed by atoms with Crippen LogP contribution in [0.3, 0.4) is 0 Å². The average Bonchev–Trinajstić information content (AvgIpc) is 2.03. The van der Waals surface area contributed by atoms with E-state index in [-0.39, 0.29) is 10.00 Å². The van der Waals surface area contributed by atoms with Crippen molar-refractivity contribution in [1.29, 1.82) is 0 Å². The predicted molar refractivity (Wildman–Crippen MR) is 67.8 cm³/mol. The van der Waals surface area contributed by atoms with Crippen LogP contribution in [0.4, 0.5) is 0 Å². The van der Waals surface area contributed by atoms with E-state index in [0.29, 0.717) is 19.8 Å². The molecule has 86 valence electrons. The molecule has 14 heavy (non-hydrogen) atoms. The molecule has 0 aromatic heterocycles. The summed E-state index contributed by atoms with van der Waals surface area (Å²) >= 11 is 8.72. The molecule has 0 N–H and O–H groups in total. The van der Waals surface area contributed by atoms with Gasteiger partial charge in [0.15, 0.2) is 0 Å². The third-order valence-corrected chi connectivity index (χ3v) is 1.94. The van der Waals surface area contributed by atoms with Gasteiger partial charge >= 0.3 is 0 Å². The first kappa shape index (κ1) is 14.6. The normalized spacial score (nSPS) is 17.8. The quantitative estimate of drug-likeness (QED) is 0.500. The summed E-state index contributed by atoms with van der Waals surface area (Å²) in [4.78, 5) is 0. The molecule has 0 fully saturated rings. The summed E-state index contributed by atoms with van der Waals surface area (Å²) in [6.45, 7) is 8.80. The van der Waals surface area contributed by atoms with Crippen LogP contribution in [-0.2, 0) is 9.47 Å². The predicted octanol–water partition coefficient (Wildman–Crippen LogP) is 2.44. The fraction of sp³-hybridized carbons (Fsp3) is 1.00. The zero-order valence-corrected chi connectivity index (χ0v) is 11.1. The van der Waals surface area contributed by atoms with Gasteiger partial charge in [0, 0.05) is 11.9 Å². The maximum Gasteiger partial charge on any atom is 0.0630 e. The molecule has 0 rings (SSSR count). The number of hydrogen-bond donors (Lipinski definition) is 2. The molecule has 0 radical (unpaired) electrons. The standard InChI is InChI=1S/C10H22O2S2/c1-4-5-11-7-10(3,14)8-12-6-9(2)13/h9,13-14H,4-8H2,1-3H3. The Kier molecular flexibility index (Phi) is 8.20. The molecule has 0 bridgehead atoms. The highest BCUT2D eigenvalue weighted by atomic mass is 32.1. The highest BCUT2D eigenvalue weighted by Crippen LogP contribution is 2.15. The van der Waals surface area contributed by atoms with Gasteiger partial charge in [-0.15, -0.1) is 0 Å². The molecule has 2 atom stereocenters. The second-order valence-electron chi connectivity index (χ2n) is 3.91. The minimum Gasteiger partial charge on any atom is -0.380 e. The van der Waals surface area contributed by atoms with Crippen molar-refractivity contribution in [2.45, 2.75) is 37.2 Å². The summed E-state index contributed by atoms with van der Waals surface area (Å²) in [6.07, 6.45) is 1.04. The van der Waals surface area contributed by atoms with Crippen molar-refractivity contribution in [3.05, 3.63) is 0 Å². The van der Waals surface area contributed by atoms with Crippen LogP contribution >= 0.6 is 25.3 Å². The molecule has 0 heterocycles. The Morgan fingerprint density at radius 3 is 2.36 bits per heavy atom. The van der Waals surface area contributed by atoms with Crippen molar-refractivity contribution in [3.8, 4) is 0 Å². The van der Waals surface area contributed by atoms with E-state index in [1.165, 1.54) is 0 Å². The third-order valence-electron chi connectivity index (χ3n) is 1.53. The van der Waals surface area contributed by atoms with Crippen LogP contribution in [0.5, 0.6) is 0 Å². The molecule has 2 unspecified atom stereocenters. The lowest BCUT2D eigenvalue weighted by Crippen LogP contribution is -2.31. The molecule has 0 spiro atoms. The van der Waals surface area contributed by atoms with Crippen LogP contribution in [0.15, 0.2) is 0 Å². The fourth-order valence-electron chi connectivity index (χ4n) is 0.927. The monoisotopic (exact) mass is 238 g/mol. The van der Waals surface area contributed by atoms with Crippen LogP contribution in [-0.4, -0.2) is 36.4 Å². The Morgan fingerprint density at radius 1 is 1.29 bits per heavy atom. The molecule has 4 heteroatoms. The Bertz CT molecular complexity index is 138. The molecular formula is C10H22O2S2. The van der Waals surface area contributed by atoms with Crippen molar-refractivity contribution in [1.82, 2.24) is 0 Å². The number of ether oxygens (including phenoxy) is 2. The lowest BCUT2D eigenvalue weighted by molar-refractivity contribution is 0.0623. The molecule has 0 aliphatic rings. The van der Waals surface area contributed by atoms with Gasteiger partial charge in [0.25, 0.3) is 0 Å². The van der Waals surface area contributed by atoms with Crippen molar-refractivity contribution in [2.24, 2.45) is 0 Å². The lowest BCUT2D eigenvalue weighted by Gasteiger charge is -2.23. The summed E-state index contributed by atoms with van der Waals surface area (Å²) < 4.78 is 10.7. The van der Waals surface area contributed by atoms with Crippen LogP contribution in [0.2, 0.25) is 0 Å². The molecule has 0 saturated heterocycles. The summed E-state index contributed by atoms with van der Waals surface area (Å²) in [7, 11) is 0. The summed E-state index contributed by atoms with van der Waals surface area (Å²) in [5.41, 5.74) is 0. The van der Waals surface area contributed by atoms with E-state index in [1.807, 2.05) is 13.8 Å². The minimum absolute atomic E-state index is 0.197. The number of rotatable bonds is 8. The third kappa shape index (κ3) is 9.19. The van der Waals surface area contributed by atoms with Gasteiger partial charge in [0.05, 0.1) is 24.6 Å². The summed E-state index contributed by atoms with van der Waals surface area (Å²) in [5, 5.41) is 0.274. The van der Waals surface area contributed by atoms with E-state index in [4.69, 9.17) is 9.47 Å². The van der Waals surface area contributed by atoms with E-state index in [2.05, 4.69) is 32.2 Å². The fourth-order valence-corrected chi connectivity index (χ4v) is 1.22. The van der Waals surface area contributed by atoms with E-state index in [0.717, 1.165) is 13.0 Å². The topological polar surface area (TPSA) is 18.5 Å². The van der Waals surface area contributed by atoms with Crippen molar-refractivity contribution in [2.75, 3.05) is 26.4 Å². The highest BCUT2D eigenvalue weighted by molar-refractivity contribution is 7.81. The van der Waals surface area contributed by atoms with Crippen LogP contribution in [0.25, 0.3) is 0 Å². The molecule has 0 aliphatic carbocycles.